The number of aromatic nitrogens is 4. The van der Waals surface area contributed by atoms with E-state index < -0.39 is 0 Å². The highest BCUT2D eigenvalue weighted by atomic mass is 16.1. The van der Waals surface area contributed by atoms with E-state index in [-0.39, 0.29) is 11.9 Å². The molecule has 0 aliphatic rings. The molecule has 0 aliphatic carbocycles. The number of nitrogens with zero attached hydrogens (tertiary/aromatic N) is 4. The maximum atomic E-state index is 12.1. The Kier molecular flexibility index (Phi) is 3.89. The van der Waals surface area contributed by atoms with Crippen LogP contribution in [0.4, 0.5) is 0 Å². The summed E-state index contributed by atoms with van der Waals surface area (Å²) in [4.78, 5) is 20.2. The third kappa shape index (κ3) is 2.96. The summed E-state index contributed by atoms with van der Waals surface area (Å²) in [5, 5.41) is 7.06. The van der Waals surface area contributed by atoms with E-state index in [2.05, 4.69) is 20.4 Å². The largest absolute Gasteiger partial charge is 0.342 e. The average molecular weight is 259 g/mol. The maximum Gasteiger partial charge on any atom is 0.272 e. The minimum Gasteiger partial charge on any atom is -0.342 e. The van der Waals surface area contributed by atoms with Gasteiger partial charge in [0.15, 0.2) is 0 Å². The second kappa shape index (κ2) is 5.60. The van der Waals surface area contributed by atoms with Crippen LogP contribution >= 0.6 is 0 Å². The van der Waals surface area contributed by atoms with Crippen LogP contribution < -0.4 is 5.32 Å². The Morgan fingerprint density at radius 3 is 2.74 bits per heavy atom. The van der Waals surface area contributed by atoms with Gasteiger partial charge in [0.1, 0.15) is 5.69 Å². The van der Waals surface area contributed by atoms with Crippen LogP contribution in [0.15, 0.2) is 24.7 Å². The highest BCUT2D eigenvalue weighted by Gasteiger charge is 2.17. The van der Waals surface area contributed by atoms with Crippen molar-refractivity contribution in [3.8, 4) is 0 Å². The lowest BCUT2D eigenvalue weighted by Crippen LogP contribution is -2.30. The first-order valence-electron chi connectivity index (χ1n) is 6.19. The summed E-state index contributed by atoms with van der Waals surface area (Å²) in [6.45, 7) is 3.85. The van der Waals surface area contributed by atoms with Crippen molar-refractivity contribution in [3.63, 3.8) is 0 Å². The van der Waals surface area contributed by atoms with Crippen molar-refractivity contribution in [3.05, 3.63) is 41.7 Å². The maximum absolute atomic E-state index is 12.1. The normalized spacial score (nSPS) is 12.2. The zero-order valence-electron chi connectivity index (χ0n) is 11.3. The number of nitrogens with one attached hydrogen (secondary N) is 1. The molecule has 0 spiro atoms. The number of carbonyl (C=O) groups excluding carboxylic acids is 1. The smallest absolute Gasteiger partial charge is 0.272 e. The van der Waals surface area contributed by atoms with Gasteiger partial charge in [-0.2, -0.15) is 5.10 Å². The summed E-state index contributed by atoms with van der Waals surface area (Å²) in [6.07, 6.45) is 5.57. The van der Waals surface area contributed by atoms with Crippen LogP contribution in [0.3, 0.4) is 0 Å². The lowest BCUT2D eigenvalue weighted by atomic mass is 10.1. The van der Waals surface area contributed by atoms with E-state index in [1.807, 2.05) is 27.0 Å². The van der Waals surface area contributed by atoms with Crippen LogP contribution in [-0.4, -0.2) is 25.7 Å². The zero-order chi connectivity index (χ0) is 13.8. The molecule has 0 aromatic carbocycles. The molecule has 6 nitrogen and oxygen atoms in total. The number of hydrogen-bond acceptors (Lipinski definition) is 4. The standard InChI is InChI=1S/C13H17N5O/c1-4-10(12-5-6-16-18(12)3)17-13(19)11-8-14-9(2)7-15-11/h5-8,10H,4H2,1-3H3,(H,17,19)/t10-/m1/s1. The average Bonchev–Trinajstić information content (AvgIpc) is 2.83. The second-order valence-electron chi connectivity index (χ2n) is 4.36. The van der Waals surface area contributed by atoms with Crippen LogP contribution in [0.5, 0.6) is 0 Å². The Morgan fingerprint density at radius 1 is 1.42 bits per heavy atom. The number of amides is 1. The molecule has 6 heteroatoms. The third-order valence-corrected chi connectivity index (χ3v) is 2.94. The van der Waals surface area contributed by atoms with Gasteiger partial charge < -0.3 is 5.32 Å². The van der Waals surface area contributed by atoms with Crippen molar-refractivity contribution in [1.29, 1.82) is 0 Å². The lowest BCUT2D eigenvalue weighted by molar-refractivity contribution is 0.0928. The van der Waals surface area contributed by atoms with Crippen LogP contribution in [0.25, 0.3) is 0 Å². The van der Waals surface area contributed by atoms with Crippen molar-refractivity contribution >= 4 is 5.91 Å². The molecule has 0 radical (unpaired) electrons. The number of carbonyl (C=O) groups is 1. The van der Waals surface area contributed by atoms with Crippen molar-refractivity contribution in [1.82, 2.24) is 25.1 Å². The van der Waals surface area contributed by atoms with Gasteiger partial charge in [0, 0.05) is 19.4 Å². The first-order chi connectivity index (χ1) is 9.11. The van der Waals surface area contributed by atoms with Crippen molar-refractivity contribution in [2.75, 3.05) is 0 Å². The molecule has 0 fully saturated rings. The van der Waals surface area contributed by atoms with Gasteiger partial charge in [0.2, 0.25) is 0 Å². The quantitative estimate of drug-likeness (QED) is 0.900. The molecule has 2 heterocycles. The molecule has 1 amide bonds. The summed E-state index contributed by atoms with van der Waals surface area (Å²) in [7, 11) is 1.86. The molecule has 2 rings (SSSR count). The fraction of sp³-hybridized carbons (Fsp3) is 0.385. The third-order valence-electron chi connectivity index (χ3n) is 2.94. The minimum absolute atomic E-state index is 0.0805. The highest BCUT2D eigenvalue weighted by molar-refractivity contribution is 5.92. The number of rotatable bonds is 4. The first-order valence-corrected chi connectivity index (χ1v) is 6.19. The monoisotopic (exact) mass is 259 g/mol. The topological polar surface area (TPSA) is 72.7 Å². The Bertz CT molecular complexity index is 561. The fourth-order valence-electron chi connectivity index (χ4n) is 1.85. The Hall–Kier alpha value is -2.24. The van der Waals surface area contributed by atoms with Gasteiger partial charge in [0.05, 0.1) is 23.6 Å². The highest BCUT2D eigenvalue weighted by Crippen LogP contribution is 2.15. The van der Waals surface area contributed by atoms with Crippen molar-refractivity contribution in [2.45, 2.75) is 26.3 Å². The molecule has 1 atom stereocenters. The molecule has 0 saturated heterocycles. The molecule has 2 aromatic rings. The zero-order valence-corrected chi connectivity index (χ0v) is 11.3. The predicted molar refractivity (Wildman–Crippen MR) is 70.5 cm³/mol. The number of hydrogen-bond donors (Lipinski definition) is 1. The molecule has 1 N–H and O–H groups in total. The Morgan fingerprint density at radius 2 is 2.21 bits per heavy atom. The van der Waals surface area contributed by atoms with E-state index in [1.54, 1.807) is 17.1 Å². The minimum atomic E-state index is -0.222. The summed E-state index contributed by atoms with van der Waals surface area (Å²) >= 11 is 0. The summed E-state index contributed by atoms with van der Waals surface area (Å²) in [6, 6.07) is 1.82. The Labute approximate surface area is 111 Å². The van der Waals surface area contributed by atoms with E-state index in [0.29, 0.717) is 5.69 Å². The van der Waals surface area contributed by atoms with Gasteiger partial charge in [0.25, 0.3) is 5.91 Å². The van der Waals surface area contributed by atoms with E-state index in [0.717, 1.165) is 17.8 Å². The van der Waals surface area contributed by atoms with E-state index in [9.17, 15) is 4.79 Å². The van der Waals surface area contributed by atoms with Crippen molar-refractivity contribution < 1.29 is 4.79 Å². The van der Waals surface area contributed by atoms with Crippen LogP contribution in [0, 0.1) is 6.92 Å². The summed E-state index contributed by atoms with van der Waals surface area (Å²) < 4.78 is 1.76. The fourth-order valence-corrected chi connectivity index (χ4v) is 1.85. The van der Waals surface area contributed by atoms with Gasteiger partial charge >= 0.3 is 0 Å². The molecule has 2 aromatic heterocycles. The SMILES string of the molecule is CC[C@@H](NC(=O)c1cnc(C)cn1)c1ccnn1C. The molecule has 19 heavy (non-hydrogen) atoms. The Balaban J connectivity index is 2.13. The molecule has 0 unspecified atom stereocenters. The van der Waals surface area contributed by atoms with E-state index >= 15 is 0 Å². The van der Waals surface area contributed by atoms with Gasteiger partial charge in [-0.15, -0.1) is 0 Å². The van der Waals surface area contributed by atoms with Gasteiger partial charge in [-0.25, -0.2) is 4.98 Å². The van der Waals surface area contributed by atoms with Crippen LogP contribution in [-0.2, 0) is 7.05 Å². The van der Waals surface area contributed by atoms with E-state index in [4.69, 9.17) is 0 Å². The summed E-state index contributed by atoms with van der Waals surface area (Å²) in [5.41, 5.74) is 2.08. The molecule has 100 valence electrons. The van der Waals surface area contributed by atoms with E-state index in [1.165, 1.54) is 6.20 Å². The predicted octanol–water partition coefficient (Wildman–Crippen LogP) is 1.40. The first kappa shape index (κ1) is 13.2. The molecular formula is C13H17N5O. The van der Waals surface area contributed by atoms with Crippen LogP contribution in [0.2, 0.25) is 0 Å². The molecule has 0 saturated carbocycles. The lowest BCUT2D eigenvalue weighted by Gasteiger charge is -2.16. The molecular weight excluding hydrogens is 242 g/mol. The molecule has 0 aliphatic heterocycles. The van der Waals surface area contributed by atoms with Gasteiger partial charge in [-0.3, -0.25) is 14.5 Å². The van der Waals surface area contributed by atoms with Gasteiger partial charge in [-0.05, 0) is 19.4 Å². The second-order valence-corrected chi connectivity index (χ2v) is 4.36. The summed E-state index contributed by atoms with van der Waals surface area (Å²) in [5.74, 6) is -0.222. The van der Waals surface area contributed by atoms with Crippen molar-refractivity contribution in [2.24, 2.45) is 7.05 Å². The molecule has 0 bridgehead atoms. The van der Waals surface area contributed by atoms with Crippen LogP contribution in [0.1, 0.15) is 41.3 Å². The van der Waals surface area contributed by atoms with Gasteiger partial charge in [-0.1, -0.05) is 6.92 Å². The number of aryl methyl sites for hydroxylation is 2.